The van der Waals surface area contributed by atoms with Crippen molar-refractivity contribution in [1.29, 1.82) is 0 Å². The number of fused-ring (bicyclic) bond motifs is 1. The van der Waals surface area contributed by atoms with Crippen LogP contribution in [0.25, 0.3) is 10.9 Å². The van der Waals surface area contributed by atoms with Crippen LogP contribution in [-0.2, 0) is 11.3 Å². The van der Waals surface area contributed by atoms with Crippen LogP contribution in [0, 0.1) is 0 Å². The van der Waals surface area contributed by atoms with Crippen LogP contribution in [0.5, 0.6) is 0 Å². The highest BCUT2D eigenvalue weighted by molar-refractivity contribution is 5.92. The zero-order chi connectivity index (χ0) is 10.8. The summed E-state index contributed by atoms with van der Waals surface area (Å²) in [6, 6.07) is 5.91. The number of ether oxygens (including phenoxy) is 1. The van der Waals surface area contributed by atoms with E-state index in [0.717, 1.165) is 22.2 Å². The lowest BCUT2D eigenvalue weighted by Gasteiger charge is -2.06. The number of hydrogen-bond acceptors (Lipinski definition) is 2. The van der Waals surface area contributed by atoms with Crippen LogP contribution < -0.4 is 5.73 Å². The fourth-order valence-corrected chi connectivity index (χ4v) is 1.61. The number of nitrogen functional groups attached to an aromatic ring is 1. The summed E-state index contributed by atoms with van der Waals surface area (Å²) in [5.41, 5.74) is 8.79. The van der Waals surface area contributed by atoms with Gasteiger partial charge in [0, 0.05) is 17.1 Å². The van der Waals surface area contributed by atoms with Gasteiger partial charge in [0.15, 0.2) is 0 Å². The van der Waals surface area contributed by atoms with Gasteiger partial charge >= 0.3 is 0 Å². The Balaban J connectivity index is 2.33. The molecule has 0 aliphatic carbocycles. The van der Waals surface area contributed by atoms with Crippen LogP contribution in [0.4, 0.5) is 5.69 Å². The maximum Gasteiger partial charge on any atom is 0.0741 e. The zero-order valence-corrected chi connectivity index (χ0v) is 9.08. The monoisotopic (exact) mass is 204 g/mol. The Bertz CT molecular complexity index is 460. The molecule has 0 amide bonds. The van der Waals surface area contributed by atoms with Crippen molar-refractivity contribution in [2.45, 2.75) is 26.6 Å². The van der Waals surface area contributed by atoms with E-state index in [0.29, 0.717) is 6.61 Å². The molecule has 0 aliphatic heterocycles. The summed E-state index contributed by atoms with van der Waals surface area (Å²) >= 11 is 0. The van der Waals surface area contributed by atoms with Crippen LogP contribution in [0.1, 0.15) is 19.4 Å². The average Bonchev–Trinajstić information content (AvgIpc) is 2.59. The first-order valence-electron chi connectivity index (χ1n) is 5.14. The van der Waals surface area contributed by atoms with Crippen molar-refractivity contribution in [1.82, 2.24) is 4.98 Å². The number of aromatic amines is 1. The molecule has 0 fully saturated rings. The number of aromatic nitrogens is 1. The third-order valence-electron chi connectivity index (χ3n) is 2.41. The molecule has 0 saturated carbocycles. The van der Waals surface area contributed by atoms with Crippen LogP contribution in [0.15, 0.2) is 24.4 Å². The van der Waals surface area contributed by atoms with E-state index in [1.54, 1.807) is 0 Å². The molecule has 80 valence electrons. The highest BCUT2D eigenvalue weighted by Crippen LogP contribution is 2.23. The largest absolute Gasteiger partial charge is 0.397 e. The molecule has 1 aromatic heterocycles. The Morgan fingerprint density at radius 1 is 1.40 bits per heavy atom. The van der Waals surface area contributed by atoms with Gasteiger partial charge in [0.1, 0.15) is 0 Å². The van der Waals surface area contributed by atoms with Crippen molar-refractivity contribution < 1.29 is 4.74 Å². The summed E-state index contributed by atoms with van der Waals surface area (Å²) in [6.45, 7) is 4.69. The molecular formula is C12H16N2O. The fraction of sp³-hybridized carbons (Fsp3) is 0.333. The van der Waals surface area contributed by atoms with E-state index >= 15 is 0 Å². The summed E-state index contributed by atoms with van der Waals surface area (Å²) in [6.07, 6.45) is 2.21. The van der Waals surface area contributed by atoms with Crippen LogP contribution >= 0.6 is 0 Å². The number of rotatable bonds is 3. The van der Waals surface area contributed by atoms with E-state index in [4.69, 9.17) is 10.5 Å². The Hall–Kier alpha value is -1.48. The number of nitrogens with one attached hydrogen (secondary N) is 1. The topological polar surface area (TPSA) is 51.0 Å². The minimum atomic E-state index is 0.246. The van der Waals surface area contributed by atoms with Gasteiger partial charge in [-0.05, 0) is 19.9 Å². The minimum absolute atomic E-state index is 0.246. The average molecular weight is 204 g/mol. The molecule has 0 saturated heterocycles. The van der Waals surface area contributed by atoms with Gasteiger partial charge < -0.3 is 15.5 Å². The molecule has 0 spiro atoms. The number of hydrogen-bond donors (Lipinski definition) is 2. The summed E-state index contributed by atoms with van der Waals surface area (Å²) in [5.74, 6) is 0. The third kappa shape index (κ3) is 1.97. The second kappa shape index (κ2) is 3.95. The molecule has 3 nitrogen and oxygen atoms in total. The Kier molecular flexibility index (Phi) is 2.64. The highest BCUT2D eigenvalue weighted by Gasteiger charge is 2.06. The summed E-state index contributed by atoms with van der Waals surface area (Å²) in [5, 5.41) is 1.15. The maximum absolute atomic E-state index is 5.85. The molecular weight excluding hydrogens is 188 g/mol. The summed E-state index contributed by atoms with van der Waals surface area (Å²) in [4.78, 5) is 3.18. The Morgan fingerprint density at radius 2 is 2.20 bits per heavy atom. The van der Waals surface area contributed by atoms with Crippen molar-refractivity contribution in [2.24, 2.45) is 0 Å². The van der Waals surface area contributed by atoms with Gasteiger partial charge in [-0.2, -0.15) is 0 Å². The highest BCUT2D eigenvalue weighted by atomic mass is 16.5. The first kappa shape index (κ1) is 10.1. The lowest BCUT2D eigenvalue weighted by Crippen LogP contribution is -2.01. The third-order valence-corrected chi connectivity index (χ3v) is 2.41. The predicted molar refractivity (Wildman–Crippen MR) is 62.6 cm³/mol. The van der Waals surface area contributed by atoms with E-state index in [1.165, 1.54) is 0 Å². The second-order valence-corrected chi connectivity index (χ2v) is 3.94. The quantitative estimate of drug-likeness (QED) is 0.755. The molecule has 1 aromatic carbocycles. The second-order valence-electron chi connectivity index (χ2n) is 3.94. The van der Waals surface area contributed by atoms with Crippen molar-refractivity contribution in [2.75, 3.05) is 5.73 Å². The summed E-state index contributed by atoms with van der Waals surface area (Å²) in [7, 11) is 0. The van der Waals surface area contributed by atoms with Gasteiger partial charge in [0.05, 0.1) is 23.9 Å². The van der Waals surface area contributed by atoms with Crippen LogP contribution in [0.3, 0.4) is 0 Å². The molecule has 3 heteroatoms. The molecule has 0 atom stereocenters. The van der Waals surface area contributed by atoms with Gasteiger partial charge in [0.25, 0.3) is 0 Å². The van der Waals surface area contributed by atoms with Crippen LogP contribution in [-0.4, -0.2) is 11.1 Å². The standard InChI is InChI=1S/C12H16N2O/c1-8(2)15-7-9-6-14-12-10(9)4-3-5-11(12)13/h3-6,8,14H,7,13H2,1-2H3. The number of H-pyrrole nitrogens is 1. The molecule has 0 radical (unpaired) electrons. The smallest absolute Gasteiger partial charge is 0.0741 e. The SMILES string of the molecule is CC(C)OCc1c[nH]c2c(N)cccc12. The van der Waals surface area contributed by atoms with Crippen molar-refractivity contribution >= 4 is 16.6 Å². The molecule has 15 heavy (non-hydrogen) atoms. The first-order valence-corrected chi connectivity index (χ1v) is 5.14. The van der Waals surface area contributed by atoms with E-state index in [2.05, 4.69) is 11.1 Å². The van der Waals surface area contributed by atoms with Gasteiger partial charge in [-0.3, -0.25) is 0 Å². The van der Waals surface area contributed by atoms with Crippen LogP contribution in [0.2, 0.25) is 0 Å². The number of benzene rings is 1. The molecule has 0 aliphatic rings. The number of anilines is 1. The lowest BCUT2D eigenvalue weighted by atomic mass is 10.1. The summed E-state index contributed by atoms with van der Waals surface area (Å²) < 4.78 is 5.57. The normalized spacial score (nSPS) is 11.4. The van der Waals surface area contributed by atoms with Crippen molar-refractivity contribution in [3.05, 3.63) is 30.0 Å². The Morgan fingerprint density at radius 3 is 2.93 bits per heavy atom. The first-order chi connectivity index (χ1) is 7.18. The van der Waals surface area contributed by atoms with Crippen molar-refractivity contribution in [3.8, 4) is 0 Å². The molecule has 2 aromatic rings. The zero-order valence-electron chi connectivity index (χ0n) is 9.08. The van der Waals surface area contributed by atoms with Gasteiger partial charge in [0.2, 0.25) is 0 Å². The maximum atomic E-state index is 5.85. The van der Waals surface area contributed by atoms with Gasteiger partial charge in [-0.15, -0.1) is 0 Å². The van der Waals surface area contributed by atoms with E-state index < -0.39 is 0 Å². The Labute approximate surface area is 89.2 Å². The molecule has 3 N–H and O–H groups in total. The lowest BCUT2D eigenvalue weighted by molar-refractivity contribution is 0.0664. The number of para-hydroxylation sites is 1. The van der Waals surface area contributed by atoms with E-state index in [9.17, 15) is 0 Å². The van der Waals surface area contributed by atoms with E-state index in [-0.39, 0.29) is 6.10 Å². The molecule has 0 unspecified atom stereocenters. The molecule has 1 heterocycles. The van der Waals surface area contributed by atoms with Gasteiger partial charge in [-0.1, -0.05) is 12.1 Å². The number of nitrogens with two attached hydrogens (primary N) is 1. The van der Waals surface area contributed by atoms with Crippen molar-refractivity contribution in [3.63, 3.8) is 0 Å². The molecule has 2 rings (SSSR count). The minimum Gasteiger partial charge on any atom is -0.397 e. The van der Waals surface area contributed by atoms with Gasteiger partial charge in [-0.25, -0.2) is 0 Å². The van der Waals surface area contributed by atoms with E-state index in [1.807, 2.05) is 32.2 Å². The predicted octanol–water partition coefficient (Wildman–Crippen LogP) is 2.68. The fourth-order valence-electron chi connectivity index (χ4n) is 1.61. The molecule has 0 bridgehead atoms.